The number of nitrogens with two attached hydrogens (primary N) is 1. The largest absolute Gasteiger partial charge is 0.492 e. The number of ether oxygens (including phenoxy) is 1. The van der Waals surface area contributed by atoms with Gasteiger partial charge in [0.05, 0.1) is 0 Å². The van der Waals surface area contributed by atoms with Gasteiger partial charge in [-0.1, -0.05) is 19.1 Å². The van der Waals surface area contributed by atoms with Crippen molar-refractivity contribution in [3.05, 3.63) is 29.8 Å². The van der Waals surface area contributed by atoms with Crippen LogP contribution in [0.3, 0.4) is 0 Å². The minimum absolute atomic E-state index is 0.571. The van der Waals surface area contributed by atoms with Gasteiger partial charge in [-0.25, -0.2) is 0 Å². The predicted molar refractivity (Wildman–Crippen MR) is 79.3 cm³/mol. The summed E-state index contributed by atoms with van der Waals surface area (Å²) in [5.74, 6) is 1.82. The van der Waals surface area contributed by atoms with Gasteiger partial charge in [-0.15, -0.1) is 0 Å². The van der Waals surface area contributed by atoms with Gasteiger partial charge in [-0.2, -0.15) is 0 Å². The Hall–Kier alpha value is -1.06. The molecule has 0 bridgehead atoms. The lowest BCUT2D eigenvalue weighted by molar-refractivity contribution is 0.212. The van der Waals surface area contributed by atoms with Crippen molar-refractivity contribution in [2.75, 3.05) is 26.2 Å². The second kappa shape index (κ2) is 7.51. The van der Waals surface area contributed by atoms with Crippen LogP contribution in [0, 0.1) is 5.92 Å². The van der Waals surface area contributed by atoms with Crippen LogP contribution in [0.5, 0.6) is 5.75 Å². The molecule has 1 aliphatic heterocycles. The lowest BCUT2D eigenvalue weighted by Crippen LogP contribution is -2.29. The molecule has 2 N–H and O–H groups in total. The number of nitrogens with zero attached hydrogens (tertiary/aromatic N) is 1. The van der Waals surface area contributed by atoms with Crippen LogP contribution in [0.1, 0.15) is 31.7 Å². The van der Waals surface area contributed by atoms with Crippen molar-refractivity contribution in [3.8, 4) is 5.75 Å². The molecule has 1 fully saturated rings. The Bertz CT molecular complexity index is 381. The maximum Gasteiger partial charge on any atom is 0.119 e. The van der Waals surface area contributed by atoms with Crippen LogP contribution in [-0.2, 0) is 6.54 Å². The number of likely N-dealkylation sites (tertiary alicyclic amines) is 1. The average Bonchev–Trinajstić information content (AvgIpc) is 2.64. The Morgan fingerprint density at radius 1 is 1.32 bits per heavy atom. The minimum atomic E-state index is 0.571. The van der Waals surface area contributed by atoms with E-state index in [1.165, 1.54) is 32.4 Å². The van der Waals surface area contributed by atoms with Crippen molar-refractivity contribution in [2.45, 2.75) is 32.7 Å². The lowest BCUT2D eigenvalue weighted by Gasteiger charge is -2.20. The molecule has 0 aromatic heterocycles. The molecule has 106 valence electrons. The van der Waals surface area contributed by atoms with Crippen LogP contribution < -0.4 is 10.5 Å². The fourth-order valence-electron chi connectivity index (χ4n) is 2.60. The highest BCUT2D eigenvalue weighted by molar-refractivity contribution is 5.28. The zero-order valence-electron chi connectivity index (χ0n) is 12.0. The zero-order chi connectivity index (χ0) is 13.5. The van der Waals surface area contributed by atoms with Gasteiger partial charge in [0, 0.05) is 13.1 Å². The van der Waals surface area contributed by atoms with Gasteiger partial charge in [0.1, 0.15) is 12.4 Å². The van der Waals surface area contributed by atoms with E-state index in [1.54, 1.807) is 0 Å². The SMILES string of the molecule is CC1CCCN(CCOc2cccc(CN)c2)CC1. The molecule has 2 rings (SSSR count). The van der Waals surface area contributed by atoms with Crippen molar-refractivity contribution in [1.29, 1.82) is 0 Å². The van der Waals surface area contributed by atoms with E-state index in [1.807, 2.05) is 24.3 Å². The maximum absolute atomic E-state index is 5.82. The molecule has 0 amide bonds. The molecule has 0 saturated carbocycles. The van der Waals surface area contributed by atoms with E-state index >= 15 is 0 Å². The summed E-state index contributed by atoms with van der Waals surface area (Å²) in [5, 5.41) is 0. The van der Waals surface area contributed by atoms with Crippen molar-refractivity contribution in [3.63, 3.8) is 0 Å². The first-order chi connectivity index (χ1) is 9.28. The third-order valence-corrected chi connectivity index (χ3v) is 3.92. The first kappa shape index (κ1) is 14.4. The predicted octanol–water partition coefficient (Wildman–Crippen LogP) is 2.65. The Balaban J connectivity index is 1.73. The van der Waals surface area contributed by atoms with Crippen molar-refractivity contribution in [2.24, 2.45) is 11.7 Å². The fourth-order valence-corrected chi connectivity index (χ4v) is 2.60. The van der Waals surface area contributed by atoms with Gasteiger partial charge in [0.15, 0.2) is 0 Å². The molecule has 1 saturated heterocycles. The summed E-state index contributed by atoms with van der Waals surface area (Å²) in [7, 11) is 0. The molecule has 1 atom stereocenters. The van der Waals surface area contributed by atoms with Gasteiger partial charge < -0.3 is 10.5 Å². The summed E-state index contributed by atoms with van der Waals surface area (Å²) in [6.07, 6.45) is 4.02. The monoisotopic (exact) mass is 262 g/mol. The molecule has 19 heavy (non-hydrogen) atoms. The van der Waals surface area contributed by atoms with Gasteiger partial charge in [0.25, 0.3) is 0 Å². The van der Waals surface area contributed by atoms with Crippen molar-refractivity contribution >= 4 is 0 Å². The van der Waals surface area contributed by atoms with Crippen LogP contribution in [-0.4, -0.2) is 31.1 Å². The number of hydrogen-bond donors (Lipinski definition) is 1. The van der Waals surface area contributed by atoms with E-state index in [0.29, 0.717) is 6.54 Å². The van der Waals surface area contributed by atoms with Gasteiger partial charge >= 0.3 is 0 Å². The van der Waals surface area contributed by atoms with Gasteiger partial charge in [0.2, 0.25) is 0 Å². The summed E-state index contributed by atoms with van der Waals surface area (Å²) in [6.45, 7) is 7.16. The quantitative estimate of drug-likeness (QED) is 0.886. The highest BCUT2D eigenvalue weighted by Gasteiger charge is 2.13. The van der Waals surface area contributed by atoms with Crippen LogP contribution in [0.25, 0.3) is 0 Å². The minimum Gasteiger partial charge on any atom is -0.492 e. The van der Waals surface area contributed by atoms with Crippen LogP contribution in [0.2, 0.25) is 0 Å². The molecule has 1 aromatic carbocycles. The molecule has 1 aromatic rings. The van der Waals surface area contributed by atoms with Crippen LogP contribution >= 0.6 is 0 Å². The molecular formula is C16H26N2O. The first-order valence-electron chi connectivity index (χ1n) is 7.42. The molecule has 3 heteroatoms. The fraction of sp³-hybridized carbons (Fsp3) is 0.625. The Kier molecular flexibility index (Phi) is 5.67. The highest BCUT2D eigenvalue weighted by Crippen LogP contribution is 2.17. The molecule has 1 aliphatic rings. The standard InChI is InChI=1S/C16H26N2O/c1-14-4-3-8-18(9-7-14)10-11-19-16-6-2-5-15(12-16)13-17/h2,5-6,12,14H,3-4,7-11,13,17H2,1H3. The lowest BCUT2D eigenvalue weighted by atomic mass is 10.0. The summed E-state index contributed by atoms with van der Waals surface area (Å²) in [5.41, 5.74) is 6.76. The number of hydrogen-bond acceptors (Lipinski definition) is 3. The third-order valence-electron chi connectivity index (χ3n) is 3.92. The molecular weight excluding hydrogens is 236 g/mol. The number of rotatable bonds is 5. The van der Waals surface area contributed by atoms with Gasteiger partial charge in [-0.05, 0) is 56.0 Å². The van der Waals surface area contributed by atoms with Gasteiger partial charge in [-0.3, -0.25) is 4.90 Å². The Morgan fingerprint density at radius 2 is 2.21 bits per heavy atom. The molecule has 0 radical (unpaired) electrons. The second-order valence-electron chi connectivity index (χ2n) is 5.58. The molecule has 0 spiro atoms. The molecule has 0 aliphatic carbocycles. The van der Waals surface area contributed by atoms with E-state index in [4.69, 9.17) is 10.5 Å². The first-order valence-corrected chi connectivity index (χ1v) is 7.42. The zero-order valence-corrected chi connectivity index (χ0v) is 12.0. The van der Waals surface area contributed by atoms with Crippen LogP contribution in [0.15, 0.2) is 24.3 Å². The Morgan fingerprint density at radius 3 is 3.05 bits per heavy atom. The normalized spacial score (nSPS) is 21.1. The summed E-state index contributed by atoms with van der Waals surface area (Å²) < 4.78 is 5.82. The van der Waals surface area contributed by atoms with E-state index in [-0.39, 0.29) is 0 Å². The van der Waals surface area contributed by atoms with Crippen LogP contribution in [0.4, 0.5) is 0 Å². The smallest absolute Gasteiger partial charge is 0.119 e. The van der Waals surface area contributed by atoms with Crippen molar-refractivity contribution in [1.82, 2.24) is 4.90 Å². The summed E-state index contributed by atoms with van der Waals surface area (Å²) in [6, 6.07) is 8.07. The third kappa shape index (κ3) is 4.84. The molecule has 3 nitrogen and oxygen atoms in total. The maximum atomic E-state index is 5.82. The van der Waals surface area contributed by atoms with Crippen molar-refractivity contribution < 1.29 is 4.74 Å². The van der Waals surface area contributed by atoms with E-state index in [9.17, 15) is 0 Å². The molecule has 1 unspecified atom stereocenters. The average molecular weight is 262 g/mol. The topological polar surface area (TPSA) is 38.5 Å². The Labute approximate surface area is 116 Å². The second-order valence-corrected chi connectivity index (χ2v) is 5.58. The number of benzene rings is 1. The summed E-state index contributed by atoms with van der Waals surface area (Å²) >= 11 is 0. The highest BCUT2D eigenvalue weighted by atomic mass is 16.5. The van der Waals surface area contributed by atoms with E-state index in [2.05, 4.69) is 11.8 Å². The molecule has 1 heterocycles. The summed E-state index contributed by atoms with van der Waals surface area (Å²) in [4.78, 5) is 2.52. The van der Waals surface area contributed by atoms with E-state index in [0.717, 1.165) is 30.4 Å². The van der Waals surface area contributed by atoms with E-state index < -0.39 is 0 Å².